The molecule has 39 heavy (non-hydrogen) atoms. The van der Waals surface area contributed by atoms with Crippen molar-refractivity contribution in [1.29, 1.82) is 0 Å². The van der Waals surface area contributed by atoms with Gasteiger partial charge in [-0.25, -0.2) is 14.2 Å². The van der Waals surface area contributed by atoms with E-state index in [0.717, 1.165) is 11.1 Å². The summed E-state index contributed by atoms with van der Waals surface area (Å²) in [6.45, 7) is 4.58. The second kappa shape index (κ2) is 12.9. The highest BCUT2D eigenvalue weighted by Gasteiger charge is 2.30. The van der Waals surface area contributed by atoms with E-state index in [1.807, 2.05) is 13.0 Å². The number of benzene rings is 3. The smallest absolute Gasteiger partial charge is 0.338 e. The van der Waals surface area contributed by atoms with Crippen LogP contribution in [0.1, 0.15) is 35.3 Å². The number of aliphatic imine (C=N–C) groups is 1. The minimum atomic E-state index is -0.395. The number of thioether (sulfide) groups is 1. The van der Waals surface area contributed by atoms with Crippen molar-refractivity contribution in [3.05, 3.63) is 92.5 Å². The molecule has 0 unspecified atom stereocenters. The van der Waals surface area contributed by atoms with Gasteiger partial charge in [0.15, 0.2) is 16.7 Å². The van der Waals surface area contributed by atoms with E-state index >= 15 is 0 Å². The van der Waals surface area contributed by atoms with E-state index in [1.165, 1.54) is 28.8 Å². The van der Waals surface area contributed by atoms with Crippen molar-refractivity contribution < 1.29 is 28.2 Å². The van der Waals surface area contributed by atoms with Crippen LogP contribution in [0.5, 0.6) is 11.5 Å². The average molecular weight is 614 g/mol. The van der Waals surface area contributed by atoms with Gasteiger partial charge < -0.3 is 14.2 Å². The maximum atomic E-state index is 13.2. The van der Waals surface area contributed by atoms with Crippen molar-refractivity contribution in [2.45, 2.75) is 20.5 Å². The van der Waals surface area contributed by atoms with Crippen molar-refractivity contribution >= 4 is 56.5 Å². The third kappa shape index (κ3) is 7.07. The minimum absolute atomic E-state index is 0.187. The highest BCUT2D eigenvalue weighted by Crippen LogP contribution is 2.40. The molecule has 3 aromatic rings. The van der Waals surface area contributed by atoms with Crippen molar-refractivity contribution in [3.63, 3.8) is 0 Å². The second-order valence-electron chi connectivity index (χ2n) is 8.31. The summed E-state index contributed by atoms with van der Waals surface area (Å²) in [5, 5.41) is 0.512. The first kappa shape index (κ1) is 28.4. The molecule has 1 aliphatic rings. The van der Waals surface area contributed by atoms with Crippen LogP contribution in [-0.2, 0) is 16.1 Å². The molecule has 10 heteroatoms. The Bertz CT molecular complexity index is 1420. The molecule has 0 saturated carbocycles. The SMILES string of the molecule is CCOC(=O)c1ccc(N=C2S/C(=C\c3cc(Br)c(OCc4ccc(F)cc4)c(OCC)c3)C(=O)N2C)cc1. The van der Waals surface area contributed by atoms with Gasteiger partial charge in [-0.15, -0.1) is 0 Å². The maximum Gasteiger partial charge on any atom is 0.338 e. The molecule has 7 nitrogen and oxygen atoms in total. The predicted molar refractivity (Wildman–Crippen MR) is 154 cm³/mol. The van der Waals surface area contributed by atoms with E-state index in [2.05, 4.69) is 20.9 Å². The van der Waals surface area contributed by atoms with E-state index in [1.54, 1.807) is 62.5 Å². The summed E-state index contributed by atoms with van der Waals surface area (Å²) in [6.07, 6.45) is 1.77. The van der Waals surface area contributed by atoms with Crippen LogP contribution in [0.2, 0.25) is 0 Å². The Kier molecular flexibility index (Phi) is 9.42. The first-order valence-electron chi connectivity index (χ1n) is 12.2. The van der Waals surface area contributed by atoms with Crippen molar-refractivity contribution in [1.82, 2.24) is 4.90 Å². The number of ether oxygens (including phenoxy) is 3. The summed E-state index contributed by atoms with van der Waals surface area (Å²) in [4.78, 5) is 31.4. The van der Waals surface area contributed by atoms with Gasteiger partial charge in [-0.3, -0.25) is 9.69 Å². The zero-order valence-electron chi connectivity index (χ0n) is 21.6. The lowest BCUT2D eigenvalue weighted by Crippen LogP contribution is -2.23. The summed E-state index contributed by atoms with van der Waals surface area (Å²) >= 11 is 4.81. The third-order valence-corrected chi connectivity index (χ3v) is 7.18. The number of hydrogen-bond donors (Lipinski definition) is 0. The van der Waals surface area contributed by atoms with Crippen LogP contribution in [0, 0.1) is 5.82 Å². The number of amidine groups is 1. The number of nitrogens with zero attached hydrogens (tertiary/aromatic N) is 2. The fraction of sp³-hybridized carbons (Fsp3) is 0.207. The molecule has 0 aliphatic carbocycles. The summed E-state index contributed by atoms with van der Waals surface area (Å²) in [6, 6.07) is 16.4. The normalized spacial score (nSPS) is 15.2. The fourth-order valence-electron chi connectivity index (χ4n) is 3.61. The molecule has 0 atom stereocenters. The molecule has 3 aromatic carbocycles. The van der Waals surface area contributed by atoms with Gasteiger partial charge in [0.05, 0.1) is 33.8 Å². The van der Waals surface area contributed by atoms with E-state index in [0.29, 0.717) is 50.5 Å². The molecular weight excluding hydrogens is 587 g/mol. The van der Waals surface area contributed by atoms with Gasteiger partial charge >= 0.3 is 5.97 Å². The monoisotopic (exact) mass is 612 g/mol. The average Bonchev–Trinajstić information content (AvgIpc) is 3.17. The van der Waals surface area contributed by atoms with Gasteiger partial charge in [0.25, 0.3) is 5.91 Å². The molecule has 202 valence electrons. The van der Waals surface area contributed by atoms with Gasteiger partial charge in [-0.1, -0.05) is 12.1 Å². The van der Waals surface area contributed by atoms with Gasteiger partial charge in [0.1, 0.15) is 12.4 Å². The number of carbonyl (C=O) groups excluding carboxylic acids is 2. The standard InChI is InChI=1S/C29H26BrFN2O5S/c1-4-36-24-15-19(14-23(30)26(24)38-17-18-6-10-21(31)11-7-18)16-25-27(34)33(3)29(39-25)32-22-12-8-20(9-13-22)28(35)37-5-2/h6-16H,4-5,17H2,1-3H3/b25-16-,32-29?. The quantitative estimate of drug-likeness (QED) is 0.192. The molecule has 1 fully saturated rings. The number of esters is 1. The summed E-state index contributed by atoms with van der Waals surface area (Å²) < 4.78 is 30.7. The lowest BCUT2D eigenvalue weighted by Gasteiger charge is -2.15. The van der Waals surface area contributed by atoms with E-state index < -0.39 is 5.97 Å². The zero-order valence-corrected chi connectivity index (χ0v) is 24.0. The minimum Gasteiger partial charge on any atom is -0.490 e. The lowest BCUT2D eigenvalue weighted by atomic mass is 10.1. The molecule has 0 radical (unpaired) electrons. The molecule has 0 spiro atoms. The van der Waals surface area contributed by atoms with Crippen molar-refractivity contribution in [2.24, 2.45) is 4.99 Å². The van der Waals surface area contributed by atoms with Gasteiger partial charge in [-0.05, 0) is 107 Å². The lowest BCUT2D eigenvalue weighted by molar-refractivity contribution is -0.121. The zero-order chi connectivity index (χ0) is 27.9. The fourth-order valence-corrected chi connectivity index (χ4v) is 5.17. The molecule has 1 aliphatic heterocycles. The summed E-state index contributed by atoms with van der Waals surface area (Å²) in [5.74, 6) is 0.138. The van der Waals surface area contributed by atoms with E-state index in [4.69, 9.17) is 14.2 Å². The number of carbonyl (C=O) groups is 2. The van der Waals surface area contributed by atoms with Crippen LogP contribution in [0.15, 0.2) is 75.0 Å². The maximum absolute atomic E-state index is 13.2. The Labute approximate surface area is 238 Å². The summed E-state index contributed by atoms with van der Waals surface area (Å²) in [7, 11) is 1.66. The Morgan fingerprint density at radius 3 is 2.44 bits per heavy atom. The predicted octanol–water partition coefficient (Wildman–Crippen LogP) is 6.98. The first-order valence-corrected chi connectivity index (χ1v) is 13.8. The molecule has 4 rings (SSSR count). The van der Waals surface area contributed by atoms with Crippen molar-refractivity contribution in [2.75, 3.05) is 20.3 Å². The third-order valence-electron chi connectivity index (χ3n) is 5.53. The van der Waals surface area contributed by atoms with Gasteiger partial charge in [0, 0.05) is 7.05 Å². The molecule has 0 bridgehead atoms. The van der Waals surface area contributed by atoms with Crippen LogP contribution in [-0.4, -0.2) is 42.2 Å². The second-order valence-corrected chi connectivity index (χ2v) is 10.2. The first-order chi connectivity index (χ1) is 18.8. The molecule has 1 amide bonds. The molecule has 0 aromatic heterocycles. The Morgan fingerprint density at radius 1 is 1.05 bits per heavy atom. The number of likely N-dealkylation sites (N-methyl/N-ethyl adjacent to an activating group) is 1. The summed E-state index contributed by atoms with van der Waals surface area (Å²) in [5.41, 5.74) is 2.60. The number of halogens is 2. The van der Waals surface area contributed by atoms with Crippen LogP contribution in [0.4, 0.5) is 10.1 Å². The molecule has 1 heterocycles. The van der Waals surface area contributed by atoms with Crippen LogP contribution < -0.4 is 9.47 Å². The van der Waals surface area contributed by atoms with Crippen LogP contribution >= 0.6 is 27.7 Å². The Morgan fingerprint density at radius 2 is 1.77 bits per heavy atom. The van der Waals surface area contributed by atoms with Crippen molar-refractivity contribution in [3.8, 4) is 11.5 Å². The topological polar surface area (TPSA) is 77.4 Å². The van der Waals surface area contributed by atoms with Gasteiger partial charge in [0.2, 0.25) is 0 Å². The number of hydrogen-bond acceptors (Lipinski definition) is 7. The Hall–Kier alpha value is -3.63. The Balaban J connectivity index is 1.54. The van der Waals surface area contributed by atoms with Crippen LogP contribution in [0.25, 0.3) is 6.08 Å². The molecule has 1 saturated heterocycles. The highest BCUT2D eigenvalue weighted by molar-refractivity contribution is 9.10. The van der Waals surface area contributed by atoms with Crippen LogP contribution in [0.3, 0.4) is 0 Å². The highest BCUT2D eigenvalue weighted by atomic mass is 79.9. The molecule has 0 N–H and O–H groups in total. The number of rotatable bonds is 9. The number of amides is 1. The van der Waals surface area contributed by atoms with E-state index in [9.17, 15) is 14.0 Å². The largest absolute Gasteiger partial charge is 0.490 e. The van der Waals surface area contributed by atoms with Gasteiger partial charge in [-0.2, -0.15) is 0 Å². The molecular formula is C29H26BrFN2O5S. The van der Waals surface area contributed by atoms with E-state index in [-0.39, 0.29) is 18.3 Å².